The third kappa shape index (κ3) is 4.47. The number of rotatable bonds is 6. The van der Waals surface area contributed by atoms with Gasteiger partial charge in [-0.15, -0.1) is 0 Å². The van der Waals surface area contributed by atoms with Gasteiger partial charge in [-0.05, 0) is 31.2 Å². The van der Waals surface area contributed by atoms with Crippen molar-refractivity contribution >= 4 is 27.3 Å². The number of pyridine rings is 1. The molecule has 0 spiro atoms. The van der Waals surface area contributed by atoms with E-state index in [0.717, 1.165) is 31.0 Å². The number of hydrogen-bond donors (Lipinski definition) is 1. The zero-order valence-electron chi connectivity index (χ0n) is 16.9. The largest absolute Gasteiger partial charge is 0.336 e. The first-order valence-corrected chi connectivity index (χ1v) is 11.6. The molecule has 1 aliphatic rings. The molecule has 1 fully saturated rings. The van der Waals surface area contributed by atoms with Crippen LogP contribution >= 0.6 is 0 Å². The molecular formula is C21H25N5O3S. The Balaban J connectivity index is 1.40. The van der Waals surface area contributed by atoms with Gasteiger partial charge >= 0.3 is 0 Å². The summed E-state index contributed by atoms with van der Waals surface area (Å²) in [6.07, 6.45) is 4.01. The van der Waals surface area contributed by atoms with Crippen molar-refractivity contribution in [1.82, 2.24) is 19.2 Å². The van der Waals surface area contributed by atoms with Gasteiger partial charge in [0.05, 0.1) is 22.7 Å². The third-order valence-corrected chi connectivity index (χ3v) is 6.55. The molecular weight excluding hydrogens is 402 g/mol. The zero-order valence-corrected chi connectivity index (χ0v) is 17.7. The van der Waals surface area contributed by atoms with Gasteiger partial charge in [-0.1, -0.05) is 18.2 Å². The van der Waals surface area contributed by atoms with E-state index in [1.807, 2.05) is 35.0 Å². The molecule has 0 atom stereocenters. The number of sulfonamides is 1. The average Bonchev–Trinajstić information content (AvgIpc) is 3.16. The fourth-order valence-corrected chi connectivity index (χ4v) is 4.23. The Morgan fingerprint density at radius 1 is 1.07 bits per heavy atom. The monoisotopic (exact) mass is 427 g/mol. The maximum Gasteiger partial charge on any atom is 0.256 e. The van der Waals surface area contributed by atoms with E-state index in [0.29, 0.717) is 24.3 Å². The summed E-state index contributed by atoms with van der Waals surface area (Å²) in [5.74, 6) is -0.200. The second-order valence-electron chi connectivity index (χ2n) is 7.32. The van der Waals surface area contributed by atoms with Crippen molar-refractivity contribution in [2.24, 2.45) is 0 Å². The predicted molar refractivity (Wildman–Crippen MR) is 116 cm³/mol. The molecule has 158 valence electrons. The maximum absolute atomic E-state index is 13.0. The van der Waals surface area contributed by atoms with Crippen LogP contribution in [0.25, 0.3) is 5.65 Å². The van der Waals surface area contributed by atoms with Crippen LogP contribution in [0.15, 0.2) is 54.9 Å². The minimum Gasteiger partial charge on any atom is -0.336 e. The Morgan fingerprint density at radius 3 is 2.53 bits per heavy atom. The summed E-state index contributed by atoms with van der Waals surface area (Å²) in [4.78, 5) is 21.7. The SMILES string of the molecule is CCS(=O)(=O)Nc1ccccc1C(=O)N1CCN(Cc2cn3ccccc3n2)CC1. The van der Waals surface area contributed by atoms with Crippen LogP contribution in [-0.2, 0) is 16.6 Å². The van der Waals surface area contributed by atoms with Gasteiger partial charge in [-0.3, -0.25) is 14.4 Å². The second-order valence-corrected chi connectivity index (χ2v) is 9.33. The van der Waals surface area contributed by atoms with E-state index in [9.17, 15) is 13.2 Å². The molecule has 0 aliphatic carbocycles. The number of nitrogens with one attached hydrogen (secondary N) is 1. The standard InChI is InChI=1S/C21H25N5O3S/c1-2-30(28,29)23-19-8-4-3-7-18(19)21(27)25-13-11-24(12-14-25)15-17-16-26-10-6-5-9-20(26)22-17/h3-10,16,23H,2,11-15H2,1H3. The van der Waals surface area contributed by atoms with Gasteiger partial charge in [0.1, 0.15) is 5.65 Å². The highest BCUT2D eigenvalue weighted by molar-refractivity contribution is 7.92. The Hall–Kier alpha value is -2.91. The number of aromatic nitrogens is 2. The molecule has 0 saturated carbocycles. The Morgan fingerprint density at radius 2 is 1.80 bits per heavy atom. The Bertz CT molecular complexity index is 1120. The molecule has 1 saturated heterocycles. The lowest BCUT2D eigenvalue weighted by molar-refractivity contribution is 0.0628. The number of imidazole rings is 1. The number of benzene rings is 1. The summed E-state index contributed by atoms with van der Waals surface area (Å²) in [6.45, 7) is 4.94. The Kier molecular flexibility index (Phi) is 5.74. The van der Waals surface area contributed by atoms with Crippen LogP contribution in [0.1, 0.15) is 23.0 Å². The average molecular weight is 428 g/mol. The second kappa shape index (κ2) is 8.45. The zero-order chi connectivity index (χ0) is 21.1. The third-order valence-electron chi connectivity index (χ3n) is 5.26. The van der Waals surface area contributed by atoms with Gasteiger partial charge in [-0.25, -0.2) is 13.4 Å². The van der Waals surface area contributed by atoms with Crippen LogP contribution in [0, 0.1) is 0 Å². The van der Waals surface area contributed by atoms with Crippen LogP contribution in [0.3, 0.4) is 0 Å². The number of amides is 1. The van der Waals surface area contributed by atoms with Crippen LogP contribution in [-0.4, -0.2) is 65.4 Å². The molecule has 2 aromatic heterocycles. The predicted octanol–water partition coefficient (Wildman–Crippen LogP) is 2.05. The van der Waals surface area contributed by atoms with Crippen molar-refractivity contribution in [2.75, 3.05) is 36.7 Å². The summed E-state index contributed by atoms with van der Waals surface area (Å²) in [5.41, 5.74) is 2.63. The highest BCUT2D eigenvalue weighted by Crippen LogP contribution is 2.20. The minimum atomic E-state index is -3.45. The van der Waals surface area contributed by atoms with Crippen molar-refractivity contribution < 1.29 is 13.2 Å². The van der Waals surface area contributed by atoms with Gasteiger partial charge in [0.15, 0.2) is 0 Å². The Labute approximate surface area is 176 Å². The van der Waals surface area contributed by atoms with Crippen LogP contribution in [0.2, 0.25) is 0 Å². The minimum absolute atomic E-state index is 0.0444. The van der Waals surface area contributed by atoms with E-state index in [4.69, 9.17) is 0 Å². The molecule has 1 aliphatic heterocycles. The van der Waals surface area contributed by atoms with E-state index >= 15 is 0 Å². The van der Waals surface area contributed by atoms with E-state index in [-0.39, 0.29) is 11.7 Å². The molecule has 0 bridgehead atoms. The first-order valence-electron chi connectivity index (χ1n) is 9.99. The molecule has 8 nitrogen and oxygen atoms in total. The normalized spacial score (nSPS) is 15.4. The molecule has 30 heavy (non-hydrogen) atoms. The van der Waals surface area contributed by atoms with E-state index in [1.165, 1.54) is 0 Å². The highest BCUT2D eigenvalue weighted by Gasteiger charge is 2.25. The highest BCUT2D eigenvalue weighted by atomic mass is 32.2. The number of anilines is 1. The molecule has 3 heterocycles. The van der Waals surface area contributed by atoms with E-state index in [1.54, 1.807) is 36.1 Å². The maximum atomic E-state index is 13.0. The summed E-state index contributed by atoms with van der Waals surface area (Å²) in [5, 5.41) is 0. The summed E-state index contributed by atoms with van der Waals surface area (Å²) in [6, 6.07) is 12.7. The number of hydrogen-bond acceptors (Lipinski definition) is 5. The first kappa shape index (κ1) is 20.4. The fraction of sp³-hybridized carbons (Fsp3) is 0.333. The van der Waals surface area contributed by atoms with E-state index < -0.39 is 10.0 Å². The molecule has 0 unspecified atom stereocenters. The van der Waals surface area contributed by atoms with Gasteiger partial charge in [0.2, 0.25) is 10.0 Å². The fourth-order valence-electron chi connectivity index (χ4n) is 3.57. The number of piperazine rings is 1. The number of carbonyl (C=O) groups excluding carboxylic acids is 1. The molecule has 1 N–H and O–H groups in total. The van der Waals surface area contributed by atoms with Crippen molar-refractivity contribution in [1.29, 1.82) is 0 Å². The van der Waals surface area contributed by atoms with Crippen LogP contribution < -0.4 is 4.72 Å². The van der Waals surface area contributed by atoms with Gasteiger partial charge in [0, 0.05) is 45.1 Å². The molecule has 4 rings (SSSR count). The van der Waals surface area contributed by atoms with Crippen molar-refractivity contribution in [3.63, 3.8) is 0 Å². The molecule has 3 aromatic rings. The van der Waals surface area contributed by atoms with Crippen LogP contribution in [0.4, 0.5) is 5.69 Å². The lowest BCUT2D eigenvalue weighted by atomic mass is 10.1. The lowest BCUT2D eigenvalue weighted by Crippen LogP contribution is -2.48. The van der Waals surface area contributed by atoms with Crippen molar-refractivity contribution in [3.05, 3.63) is 66.1 Å². The van der Waals surface area contributed by atoms with Crippen molar-refractivity contribution in [3.8, 4) is 0 Å². The molecule has 9 heteroatoms. The van der Waals surface area contributed by atoms with Gasteiger partial charge in [-0.2, -0.15) is 0 Å². The number of carbonyl (C=O) groups is 1. The molecule has 1 amide bonds. The quantitative estimate of drug-likeness (QED) is 0.651. The van der Waals surface area contributed by atoms with Crippen molar-refractivity contribution in [2.45, 2.75) is 13.5 Å². The number of para-hydroxylation sites is 1. The number of nitrogens with zero attached hydrogens (tertiary/aromatic N) is 4. The summed E-state index contributed by atoms with van der Waals surface area (Å²) in [7, 11) is -3.45. The van der Waals surface area contributed by atoms with Gasteiger partial charge < -0.3 is 9.30 Å². The summed E-state index contributed by atoms with van der Waals surface area (Å²) >= 11 is 0. The van der Waals surface area contributed by atoms with Crippen LogP contribution in [0.5, 0.6) is 0 Å². The lowest BCUT2D eigenvalue weighted by Gasteiger charge is -2.34. The van der Waals surface area contributed by atoms with E-state index in [2.05, 4.69) is 14.6 Å². The first-order chi connectivity index (χ1) is 14.4. The molecule has 1 aromatic carbocycles. The number of fused-ring (bicyclic) bond motifs is 1. The van der Waals surface area contributed by atoms with Gasteiger partial charge in [0.25, 0.3) is 5.91 Å². The topological polar surface area (TPSA) is 87.0 Å². The molecule has 0 radical (unpaired) electrons. The summed E-state index contributed by atoms with van der Waals surface area (Å²) < 4.78 is 28.4. The smallest absolute Gasteiger partial charge is 0.256 e.